The second-order valence-electron chi connectivity index (χ2n) is 3.01. The molecule has 4 nitrogen and oxygen atoms in total. The van der Waals surface area contributed by atoms with Gasteiger partial charge in [0, 0.05) is 4.90 Å². The van der Waals surface area contributed by atoms with E-state index in [0.29, 0.717) is 17.0 Å². The van der Waals surface area contributed by atoms with E-state index in [4.69, 9.17) is 0 Å². The van der Waals surface area contributed by atoms with E-state index >= 15 is 0 Å². The van der Waals surface area contributed by atoms with E-state index in [0.717, 1.165) is 4.90 Å². The summed E-state index contributed by atoms with van der Waals surface area (Å²) in [6.45, 7) is 0. The number of thioether (sulfide) groups is 1. The van der Waals surface area contributed by atoms with Gasteiger partial charge in [-0.25, -0.2) is 4.79 Å². The molecule has 78 valence electrons. The molecule has 0 unspecified atom stereocenters. The van der Waals surface area contributed by atoms with Gasteiger partial charge in [0.05, 0.1) is 24.1 Å². The van der Waals surface area contributed by atoms with E-state index in [1.165, 1.54) is 18.9 Å². The Bertz CT molecular complexity index is 431. The van der Waals surface area contributed by atoms with Crippen LogP contribution in [-0.4, -0.2) is 24.7 Å². The van der Waals surface area contributed by atoms with Crippen LogP contribution in [0.2, 0.25) is 0 Å². The van der Waals surface area contributed by atoms with Crippen LogP contribution in [0.4, 0.5) is 5.69 Å². The van der Waals surface area contributed by atoms with Crippen molar-refractivity contribution >= 4 is 29.3 Å². The van der Waals surface area contributed by atoms with Crippen LogP contribution >= 0.6 is 11.8 Å². The lowest BCUT2D eigenvalue weighted by Gasteiger charge is -2.18. The molecule has 0 bridgehead atoms. The standard InChI is InChI=1S/C10H9NO3S/c1-14-10(13)6-3-2-4-7-9(6)11-8(12)5-15-7/h2-4H,5H2,1H3,(H,11,12). The summed E-state index contributed by atoms with van der Waals surface area (Å²) >= 11 is 1.42. The Labute approximate surface area is 91.0 Å². The molecule has 1 aliphatic heterocycles. The molecular weight excluding hydrogens is 214 g/mol. The summed E-state index contributed by atoms with van der Waals surface area (Å²) in [6, 6.07) is 5.28. The second kappa shape index (κ2) is 3.94. The van der Waals surface area contributed by atoms with Gasteiger partial charge in [0.2, 0.25) is 5.91 Å². The fourth-order valence-corrected chi connectivity index (χ4v) is 2.22. The first-order valence-corrected chi connectivity index (χ1v) is 5.35. The first-order chi connectivity index (χ1) is 7.22. The van der Waals surface area contributed by atoms with Crippen molar-refractivity contribution in [2.45, 2.75) is 4.90 Å². The predicted molar refractivity (Wildman–Crippen MR) is 57.1 cm³/mol. The van der Waals surface area contributed by atoms with Crippen molar-refractivity contribution in [3.63, 3.8) is 0 Å². The number of carbonyl (C=O) groups excluding carboxylic acids is 2. The number of rotatable bonds is 1. The summed E-state index contributed by atoms with van der Waals surface area (Å²) in [6.07, 6.45) is 0. The number of amides is 1. The highest BCUT2D eigenvalue weighted by atomic mass is 32.2. The summed E-state index contributed by atoms with van der Waals surface area (Å²) in [5, 5.41) is 2.68. The van der Waals surface area contributed by atoms with Crippen molar-refractivity contribution in [2.75, 3.05) is 18.2 Å². The van der Waals surface area contributed by atoms with E-state index in [9.17, 15) is 9.59 Å². The Kier molecular flexibility index (Phi) is 2.64. The average Bonchev–Trinajstić information content (AvgIpc) is 2.27. The minimum atomic E-state index is -0.436. The van der Waals surface area contributed by atoms with E-state index < -0.39 is 5.97 Å². The Morgan fingerprint density at radius 3 is 3.07 bits per heavy atom. The minimum Gasteiger partial charge on any atom is -0.465 e. The predicted octanol–water partition coefficient (Wildman–Crippen LogP) is 1.52. The van der Waals surface area contributed by atoms with Crippen molar-refractivity contribution in [1.29, 1.82) is 0 Å². The van der Waals surface area contributed by atoms with Crippen LogP contribution < -0.4 is 5.32 Å². The molecule has 0 atom stereocenters. The van der Waals surface area contributed by atoms with Gasteiger partial charge in [0.15, 0.2) is 0 Å². The summed E-state index contributed by atoms with van der Waals surface area (Å²) in [7, 11) is 1.32. The van der Waals surface area contributed by atoms with Crippen LogP contribution in [0.5, 0.6) is 0 Å². The van der Waals surface area contributed by atoms with Gasteiger partial charge in [-0.05, 0) is 12.1 Å². The Morgan fingerprint density at radius 2 is 2.33 bits per heavy atom. The van der Waals surface area contributed by atoms with Crippen molar-refractivity contribution in [1.82, 2.24) is 0 Å². The van der Waals surface area contributed by atoms with E-state index in [2.05, 4.69) is 10.1 Å². The van der Waals surface area contributed by atoms with Gasteiger partial charge in [0.25, 0.3) is 0 Å². The Hall–Kier alpha value is -1.49. The van der Waals surface area contributed by atoms with Gasteiger partial charge in [-0.2, -0.15) is 0 Å². The van der Waals surface area contributed by atoms with Crippen LogP contribution in [-0.2, 0) is 9.53 Å². The van der Waals surface area contributed by atoms with Gasteiger partial charge < -0.3 is 10.1 Å². The van der Waals surface area contributed by atoms with Crippen LogP contribution in [0, 0.1) is 0 Å². The fourth-order valence-electron chi connectivity index (χ4n) is 1.38. The van der Waals surface area contributed by atoms with Crippen molar-refractivity contribution in [3.05, 3.63) is 23.8 Å². The second-order valence-corrected chi connectivity index (χ2v) is 4.02. The lowest BCUT2D eigenvalue weighted by Crippen LogP contribution is -2.21. The van der Waals surface area contributed by atoms with Crippen molar-refractivity contribution < 1.29 is 14.3 Å². The largest absolute Gasteiger partial charge is 0.465 e. The molecule has 5 heteroatoms. The maximum absolute atomic E-state index is 11.4. The molecule has 1 aromatic carbocycles. The van der Waals surface area contributed by atoms with Gasteiger partial charge in [-0.1, -0.05) is 6.07 Å². The van der Waals surface area contributed by atoms with Crippen LogP contribution in [0.3, 0.4) is 0 Å². The molecule has 0 aliphatic carbocycles. The molecule has 0 fully saturated rings. The number of ether oxygens (including phenoxy) is 1. The van der Waals surface area contributed by atoms with E-state index in [-0.39, 0.29) is 5.91 Å². The van der Waals surface area contributed by atoms with Gasteiger partial charge in [0.1, 0.15) is 0 Å². The summed E-state index contributed by atoms with van der Waals surface area (Å²) in [5.41, 5.74) is 0.959. The fraction of sp³-hybridized carbons (Fsp3) is 0.200. The summed E-state index contributed by atoms with van der Waals surface area (Å²) in [5.74, 6) is -0.143. The zero-order valence-electron chi connectivity index (χ0n) is 8.07. The first-order valence-electron chi connectivity index (χ1n) is 4.36. The van der Waals surface area contributed by atoms with Crippen LogP contribution in [0.25, 0.3) is 0 Å². The molecule has 2 rings (SSSR count). The third-order valence-corrected chi connectivity index (χ3v) is 3.11. The number of para-hydroxylation sites is 1. The molecule has 0 saturated heterocycles. The van der Waals surface area contributed by atoms with Gasteiger partial charge in [-0.15, -0.1) is 11.8 Å². The zero-order chi connectivity index (χ0) is 10.8. The average molecular weight is 223 g/mol. The minimum absolute atomic E-state index is 0.0937. The van der Waals surface area contributed by atoms with E-state index in [1.54, 1.807) is 12.1 Å². The number of nitrogens with one attached hydrogen (secondary N) is 1. The third kappa shape index (κ3) is 1.83. The lowest BCUT2D eigenvalue weighted by atomic mass is 10.1. The number of carbonyl (C=O) groups is 2. The molecule has 1 heterocycles. The number of fused-ring (bicyclic) bond motifs is 1. The number of methoxy groups -OCH3 is 1. The highest BCUT2D eigenvalue weighted by Crippen LogP contribution is 2.34. The highest BCUT2D eigenvalue weighted by Gasteiger charge is 2.21. The molecule has 1 aliphatic rings. The Balaban J connectivity index is 2.48. The number of hydrogen-bond donors (Lipinski definition) is 1. The molecule has 1 aromatic rings. The van der Waals surface area contributed by atoms with Crippen LogP contribution in [0.1, 0.15) is 10.4 Å². The monoisotopic (exact) mass is 223 g/mol. The van der Waals surface area contributed by atoms with Crippen molar-refractivity contribution in [3.8, 4) is 0 Å². The molecule has 0 aromatic heterocycles. The molecule has 0 spiro atoms. The number of anilines is 1. The number of benzene rings is 1. The smallest absolute Gasteiger partial charge is 0.340 e. The highest BCUT2D eigenvalue weighted by molar-refractivity contribution is 8.00. The van der Waals surface area contributed by atoms with E-state index in [1.807, 2.05) is 6.07 Å². The number of esters is 1. The maximum Gasteiger partial charge on any atom is 0.340 e. The van der Waals surface area contributed by atoms with Crippen LogP contribution in [0.15, 0.2) is 23.1 Å². The normalized spacial score (nSPS) is 14.1. The summed E-state index contributed by atoms with van der Waals surface area (Å²) in [4.78, 5) is 23.5. The molecule has 1 N–H and O–H groups in total. The molecule has 15 heavy (non-hydrogen) atoms. The van der Waals surface area contributed by atoms with Gasteiger partial charge in [-0.3, -0.25) is 4.79 Å². The lowest BCUT2D eigenvalue weighted by molar-refractivity contribution is -0.113. The van der Waals surface area contributed by atoms with Crippen molar-refractivity contribution in [2.24, 2.45) is 0 Å². The summed E-state index contributed by atoms with van der Waals surface area (Å²) < 4.78 is 4.64. The molecule has 1 amide bonds. The number of hydrogen-bond acceptors (Lipinski definition) is 4. The molecule has 0 saturated carbocycles. The first kappa shape index (κ1) is 10.0. The van der Waals surface area contributed by atoms with Gasteiger partial charge >= 0.3 is 5.97 Å². The molecule has 0 radical (unpaired) electrons. The maximum atomic E-state index is 11.4. The Morgan fingerprint density at radius 1 is 1.53 bits per heavy atom. The topological polar surface area (TPSA) is 55.4 Å². The zero-order valence-corrected chi connectivity index (χ0v) is 8.89. The molecular formula is C10H9NO3S. The third-order valence-electron chi connectivity index (χ3n) is 2.05. The quantitative estimate of drug-likeness (QED) is 0.733. The SMILES string of the molecule is COC(=O)c1cccc2c1NC(=O)CS2.